The van der Waals surface area contributed by atoms with Crippen molar-refractivity contribution in [3.63, 3.8) is 0 Å². The van der Waals surface area contributed by atoms with Crippen LogP contribution in [0.1, 0.15) is 40.0 Å². The molecule has 1 rings (SSSR count). The maximum Gasteiger partial charge on any atom is 0.336 e. The second kappa shape index (κ2) is 13.9. The van der Waals surface area contributed by atoms with Gasteiger partial charge in [0.25, 0.3) is 0 Å². The number of benzene rings is 1. The molecule has 0 heterocycles. The highest BCUT2D eigenvalue weighted by atomic mass is 16.4. The Morgan fingerprint density at radius 1 is 0.875 bits per heavy atom. The summed E-state index contributed by atoms with van der Waals surface area (Å²) >= 11 is 0. The summed E-state index contributed by atoms with van der Waals surface area (Å²) in [4.78, 5) is 53.2. The highest BCUT2D eigenvalue weighted by Crippen LogP contribution is 2.08. The molecule has 14 heteroatoms. The van der Waals surface area contributed by atoms with Gasteiger partial charge in [-0.25, -0.2) is 9.59 Å². The van der Waals surface area contributed by atoms with Crippen molar-refractivity contribution in [2.75, 3.05) is 6.54 Å². The maximum absolute atomic E-state index is 11.0. The number of nitrogens with one attached hydrogen (secondary N) is 3. The predicted octanol–water partition coefficient (Wildman–Crippen LogP) is -0.697. The molecule has 1 aromatic carbocycles. The van der Waals surface area contributed by atoms with Crippen molar-refractivity contribution >= 4 is 35.8 Å². The van der Waals surface area contributed by atoms with Crippen LogP contribution < -0.4 is 16.4 Å². The van der Waals surface area contributed by atoms with Crippen LogP contribution in [0.3, 0.4) is 0 Å². The van der Waals surface area contributed by atoms with E-state index < -0.39 is 48.4 Å². The number of rotatable bonds is 12. The van der Waals surface area contributed by atoms with Crippen LogP contribution in [0.15, 0.2) is 24.3 Å². The third kappa shape index (κ3) is 11.1. The van der Waals surface area contributed by atoms with Gasteiger partial charge in [-0.2, -0.15) is 0 Å². The fourth-order valence-corrected chi connectivity index (χ4v) is 2.30. The normalized spacial score (nSPS) is 11.8. The molecule has 0 aliphatic rings. The van der Waals surface area contributed by atoms with Crippen molar-refractivity contribution in [1.29, 1.82) is 5.41 Å². The number of guanidine groups is 1. The van der Waals surface area contributed by atoms with Crippen LogP contribution in [-0.2, 0) is 14.4 Å². The molecule has 0 aromatic heterocycles. The summed E-state index contributed by atoms with van der Waals surface area (Å²) < 4.78 is 0. The SMILES string of the molecule is N=C(N)NCCCC(NC(CC(=O)O)C(=O)O)C(=O)O.O=C(O)c1ccccc1C(=O)O. The smallest absolute Gasteiger partial charge is 0.336 e. The third-order valence-electron chi connectivity index (χ3n) is 3.75. The van der Waals surface area contributed by atoms with Crippen molar-refractivity contribution in [2.45, 2.75) is 31.3 Å². The fraction of sp³-hybridized carbons (Fsp3) is 0.333. The third-order valence-corrected chi connectivity index (χ3v) is 3.75. The molecule has 14 nitrogen and oxygen atoms in total. The average Bonchev–Trinajstić information content (AvgIpc) is 2.68. The molecule has 0 spiro atoms. The second-order valence-electron chi connectivity index (χ2n) is 6.18. The van der Waals surface area contributed by atoms with Gasteiger partial charge in [0.1, 0.15) is 12.1 Å². The van der Waals surface area contributed by atoms with E-state index in [2.05, 4.69) is 10.6 Å². The molecule has 176 valence electrons. The average molecular weight is 456 g/mol. The molecule has 2 unspecified atom stereocenters. The largest absolute Gasteiger partial charge is 0.481 e. The number of carboxylic acid groups (broad SMARTS) is 5. The fourth-order valence-electron chi connectivity index (χ4n) is 2.30. The summed E-state index contributed by atoms with van der Waals surface area (Å²) in [6.07, 6.45) is -0.327. The number of carboxylic acids is 5. The summed E-state index contributed by atoms with van der Waals surface area (Å²) in [5.41, 5.74) is 4.66. The molecule has 0 saturated carbocycles. The lowest BCUT2D eigenvalue weighted by Gasteiger charge is -2.19. The first kappa shape index (κ1) is 27.8. The number of hydrogen-bond donors (Lipinski definition) is 9. The lowest BCUT2D eigenvalue weighted by Crippen LogP contribution is -2.48. The molecular weight excluding hydrogens is 432 g/mol. The minimum Gasteiger partial charge on any atom is -0.481 e. The topological polar surface area (TPSA) is 260 Å². The first-order valence-electron chi connectivity index (χ1n) is 8.93. The van der Waals surface area contributed by atoms with Crippen LogP contribution in [0.4, 0.5) is 0 Å². The molecular formula is C18H24N4O10. The predicted molar refractivity (Wildman–Crippen MR) is 108 cm³/mol. The van der Waals surface area contributed by atoms with Gasteiger partial charge in [0.15, 0.2) is 5.96 Å². The van der Waals surface area contributed by atoms with E-state index >= 15 is 0 Å². The summed E-state index contributed by atoms with van der Waals surface area (Å²) in [5.74, 6) is -6.75. The van der Waals surface area contributed by atoms with E-state index in [9.17, 15) is 24.0 Å². The van der Waals surface area contributed by atoms with Gasteiger partial charge in [-0.3, -0.25) is 25.1 Å². The van der Waals surface area contributed by atoms with Crippen molar-refractivity contribution in [3.8, 4) is 0 Å². The molecule has 2 atom stereocenters. The van der Waals surface area contributed by atoms with Gasteiger partial charge >= 0.3 is 29.8 Å². The molecule has 0 fully saturated rings. The molecule has 10 N–H and O–H groups in total. The van der Waals surface area contributed by atoms with Gasteiger partial charge in [0.2, 0.25) is 0 Å². The van der Waals surface area contributed by atoms with Crippen molar-refractivity contribution in [3.05, 3.63) is 35.4 Å². The van der Waals surface area contributed by atoms with E-state index in [4.69, 9.17) is 36.7 Å². The first-order chi connectivity index (χ1) is 14.9. The van der Waals surface area contributed by atoms with Gasteiger partial charge in [-0.15, -0.1) is 0 Å². The zero-order valence-corrected chi connectivity index (χ0v) is 16.6. The lowest BCUT2D eigenvalue weighted by atomic mass is 10.1. The Kier molecular flexibility index (Phi) is 12.1. The van der Waals surface area contributed by atoms with Crippen LogP contribution in [0.5, 0.6) is 0 Å². The Labute approximate surface area is 181 Å². The van der Waals surface area contributed by atoms with Gasteiger partial charge in [0.05, 0.1) is 17.5 Å². The Hall–Kier alpha value is -4.20. The molecule has 0 aliphatic carbocycles. The zero-order valence-electron chi connectivity index (χ0n) is 16.6. The van der Waals surface area contributed by atoms with Crippen LogP contribution in [0, 0.1) is 5.41 Å². The lowest BCUT2D eigenvalue weighted by molar-refractivity contribution is -0.147. The molecule has 0 saturated heterocycles. The first-order valence-corrected chi connectivity index (χ1v) is 8.93. The Balaban J connectivity index is 0.000000677. The minimum absolute atomic E-state index is 0.0685. The summed E-state index contributed by atoms with van der Waals surface area (Å²) in [5, 5.41) is 55.1. The van der Waals surface area contributed by atoms with E-state index in [1.54, 1.807) is 0 Å². The minimum atomic E-state index is -1.48. The van der Waals surface area contributed by atoms with Gasteiger partial charge in [-0.1, -0.05) is 12.1 Å². The number of hydrogen-bond acceptors (Lipinski definition) is 7. The van der Waals surface area contributed by atoms with Crippen LogP contribution >= 0.6 is 0 Å². The number of aromatic carboxylic acids is 2. The summed E-state index contributed by atoms with van der Waals surface area (Å²) in [7, 11) is 0. The van der Waals surface area contributed by atoms with Gasteiger partial charge in [-0.05, 0) is 25.0 Å². The highest BCUT2D eigenvalue weighted by Gasteiger charge is 2.27. The summed E-state index contributed by atoms with van der Waals surface area (Å²) in [6, 6.07) is 2.81. The molecule has 32 heavy (non-hydrogen) atoms. The van der Waals surface area contributed by atoms with E-state index in [1.165, 1.54) is 24.3 Å². The Morgan fingerprint density at radius 3 is 1.69 bits per heavy atom. The number of nitrogens with two attached hydrogens (primary N) is 1. The van der Waals surface area contributed by atoms with Crippen molar-refractivity contribution < 1.29 is 49.5 Å². The Morgan fingerprint density at radius 2 is 1.34 bits per heavy atom. The standard InChI is InChI=1S/C10H18N4O6.C8H6O4/c11-10(12)13-3-1-2-5(8(17)18)14-6(9(19)20)4-7(15)16;9-7(10)5-3-1-2-4-6(5)8(11)12/h5-6,14H,1-4H2,(H,15,16)(H,17,18)(H,19,20)(H4,11,12,13);1-4H,(H,9,10)(H,11,12). The number of aliphatic carboxylic acids is 3. The number of carbonyl (C=O) groups is 5. The van der Waals surface area contributed by atoms with E-state index in [1.807, 2.05) is 0 Å². The van der Waals surface area contributed by atoms with E-state index in [0.717, 1.165) is 0 Å². The molecule has 1 aromatic rings. The van der Waals surface area contributed by atoms with Gasteiger partial charge in [0, 0.05) is 6.54 Å². The van der Waals surface area contributed by atoms with Crippen molar-refractivity contribution in [2.24, 2.45) is 5.73 Å². The Bertz CT molecular complexity index is 825. The maximum atomic E-state index is 11.0. The molecule has 0 radical (unpaired) electrons. The van der Waals surface area contributed by atoms with Crippen molar-refractivity contribution in [1.82, 2.24) is 10.6 Å². The van der Waals surface area contributed by atoms with Crippen LogP contribution in [0.25, 0.3) is 0 Å². The van der Waals surface area contributed by atoms with E-state index in [0.29, 0.717) is 6.42 Å². The molecule has 0 aliphatic heterocycles. The van der Waals surface area contributed by atoms with Crippen LogP contribution in [0.2, 0.25) is 0 Å². The summed E-state index contributed by atoms with van der Waals surface area (Å²) in [6.45, 7) is 0.261. The van der Waals surface area contributed by atoms with Crippen LogP contribution in [-0.4, -0.2) is 80.0 Å². The quantitative estimate of drug-likeness (QED) is 0.107. The van der Waals surface area contributed by atoms with E-state index in [-0.39, 0.29) is 30.1 Å². The highest BCUT2D eigenvalue weighted by molar-refractivity contribution is 6.01. The van der Waals surface area contributed by atoms with Gasteiger partial charge < -0.3 is 36.6 Å². The second-order valence-corrected chi connectivity index (χ2v) is 6.18. The zero-order chi connectivity index (χ0) is 24.8. The molecule has 0 bridgehead atoms. The monoisotopic (exact) mass is 456 g/mol. The molecule has 0 amide bonds.